The first kappa shape index (κ1) is 13.9. The van der Waals surface area contributed by atoms with Gasteiger partial charge in [0, 0.05) is 17.8 Å². The molecule has 1 unspecified atom stereocenters. The molecule has 1 N–H and O–H groups in total. The van der Waals surface area contributed by atoms with Crippen LogP contribution in [0.2, 0.25) is 0 Å². The Morgan fingerprint density at radius 2 is 1.94 bits per heavy atom. The Balaban J connectivity index is 2.26. The summed E-state index contributed by atoms with van der Waals surface area (Å²) in [5, 5.41) is 10.2. The van der Waals surface area contributed by atoms with Crippen LogP contribution in [-0.4, -0.2) is 24.1 Å². The molecule has 0 aromatic carbocycles. The number of ether oxygens (including phenoxy) is 2. The molecule has 0 aromatic heterocycles. The third-order valence-electron chi connectivity index (χ3n) is 4.85. The fraction of sp³-hybridized carbons (Fsp3) is 0.867. The molecule has 2 fully saturated rings. The van der Waals surface area contributed by atoms with Crippen molar-refractivity contribution in [3.8, 4) is 0 Å². The minimum Gasteiger partial charge on any atom is -0.512 e. The van der Waals surface area contributed by atoms with Crippen molar-refractivity contribution in [3.63, 3.8) is 0 Å². The molecule has 1 heterocycles. The van der Waals surface area contributed by atoms with Gasteiger partial charge in [0.25, 0.3) is 0 Å². The van der Waals surface area contributed by atoms with E-state index in [-0.39, 0.29) is 11.3 Å². The van der Waals surface area contributed by atoms with Crippen LogP contribution in [0.1, 0.15) is 52.4 Å². The molecule has 18 heavy (non-hydrogen) atoms. The lowest BCUT2D eigenvalue weighted by Crippen LogP contribution is -2.41. The van der Waals surface area contributed by atoms with E-state index in [1.54, 1.807) is 0 Å². The second-order valence-corrected chi connectivity index (χ2v) is 5.68. The number of aliphatic hydroxyl groups is 1. The molecule has 0 bridgehead atoms. The lowest BCUT2D eigenvalue weighted by atomic mass is 9.70. The Hall–Kier alpha value is -0.540. The van der Waals surface area contributed by atoms with E-state index < -0.39 is 5.79 Å². The Bertz CT molecular complexity index is 307. The normalized spacial score (nSPS) is 34.2. The number of hydrogen-bond donors (Lipinski definition) is 1. The van der Waals surface area contributed by atoms with Crippen LogP contribution < -0.4 is 0 Å². The molecule has 3 heteroatoms. The van der Waals surface area contributed by atoms with E-state index in [2.05, 4.69) is 20.4 Å². The molecule has 104 valence electrons. The maximum Gasteiger partial charge on any atom is 0.172 e. The minimum atomic E-state index is -0.450. The van der Waals surface area contributed by atoms with Gasteiger partial charge in [0.1, 0.15) is 0 Å². The summed E-state index contributed by atoms with van der Waals surface area (Å²) in [5.41, 5.74) is -0.199. The molecule has 0 amide bonds. The predicted octanol–water partition coefficient (Wildman–Crippen LogP) is 3.80. The standard InChI is InChI=1S/C15H26O3/c1-4-6-7-14(12(3)16)8-9-15(13(14)5-2)17-10-11-18-15/h13,16H,3-11H2,1-2H3/t13-,14?/m1/s1. The molecule has 2 atom stereocenters. The highest BCUT2D eigenvalue weighted by atomic mass is 16.7. The molecule has 1 saturated heterocycles. The topological polar surface area (TPSA) is 38.7 Å². The number of allylic oxidation sites excluding steroid dienone is 1. The number of rotatable bonds is 5. The molecule has 3 nitrogen and oxygen atoms in total. The number of unbranched alkanes of at least 4 members (excludes halogenated alkanes) is 1. The largest absolute Gasteiger partial charge is 0.512 e. The van der Waals surface area contributed by atoms with E-state index in [1.807, 2.05) is 0 Å². The zero-order valence-corrected chi connectivity index (χ0v) is 11.7. The molecule has 1 aliphatic heterocycles. The van der Waals surface area contributed by atoms with Crippen LogP contribution in [0, 0.1) is 11.3 Å². The van der Waals surface area contributed by atoms with E-state index >= 15 is 0 Å². The van der Waals surface area contributed by atoms with Crippen LogP contribution in [0.5, 0.6) is 0 Å². The zero-order chi connectivity index (χ0) is 13.2. The van der Waals surface area contributed by atoms with Crippen LogP contribution >= 0.6 is 0 Å². The monoisotopic (exact) mass is 254 g/mol. The molecule has 2 rings (SSSR count). The van der Waals surface area contributed by atoms with Gasteiger partial charge in [-0.05, 0) is 19.3 Å². The Morgan fingerprint density at radius 3 is 2.44 bits per heavy atom. The van der Waals surface area contributed by atoms with Crippen molar-refractivity contribution in [1.82, 2.24) is 0 Å². The first-order valence-corrected chi connectivity index (χ1v) is 7.27. The molecule has 0 radical (unpaired) electrons. The minimum absolute atomic E-state index is 0.199. The molecular weight excluding hydrogens is 228 g/mol. The molecule has 1 spiro atoms. The van der Waals surface area contributed by atoms with Crippen molar-refractivity contribution in [3.05, 3.63) is 12.3 Å². The summed E-state index contributed by atoms with van der Waals surface area (Å²) in [4.78, 5) is 0. The lowest BCUT2D eigenvalue weighted by Gasteiger charge is -2.39. The Morgan fingerprint density at radius 1 is 1.28 bits per heavy atom. The molecule has 0 aromatic rings. The summed E-state index contributed by atoms with van der Waals surface area (Å²) >= 11 is 0. The van der Waals surface area contributed by atoms with Gasteiger partial charge in [-0.15, -0.1) is 0 Å². The highest BCUT2D eigenvalue weighted by Gasteiger charge is 2.60. The van der Waals surface area contributed by atoms with E-state index in [9.17, 15) is 5.11 Å². The third kappa shape index (κ3) is 1.97. The highest BCUT2D eigenvalue weighted by Crippen LogP contribution is 2.59. The second-order valence-electron chi connectivity index (χ2n) is 5.68. The van der Waals surface area contributed by atoms with Gasteiger partial charge in [-0.25, -0.2) is 0 Å². The Kier molecular flexibility index (Phi) is 4.02. The number of hydrogen-bond acceptors (Lipinski definition) is 3. The molecular formula is C15H26O3. The van der Waals surface area contributed by atoms with Gasteiger partial charge < -0.3 is 14.6 Å². The van der Waals surface area contributed by atoms with Gasteiger partial charge >= 0.3 is 0 Å². The maximum absolute atomic E-state index is 10.2. The number of aliphatic hydroxyl groups excluding tert-OH is 1. The molecule has 1 aliphatic carbocycles. The van der Waals surface area contributed by atoms with Crippen LogP contribution in [0.25, 0.3) is 0 Å². The summed E-state index contributed by atoms with van der Waals surface area (Å²) in [7, 11) is 0. The van der Waals surface area contributed by atoms with Crippen LogP contribution in [-0.2, 0) is 9.47 Å². The second kappa shape index (κ2) is 5.22. The SMILES string of the molecule is C=C(O)C1(CCCC)CCC2(OCCO2)[C@@H]1CC. The summed E-state index contributed by atoms with van der Waals surface area (Å²) in [6.07, 6.45) is 6.02. The average molecular weight is 254 g/mol. The quantitative estimate of drug-likeness (QED) is 0.758. The van der Waals surface area contributed by atoms with Crippen molar-refractivity contribution >= 4 is 0 Å². The summed E-state index contributed by atoms with van der Waals surface area (Å²) in [5.74, 6) is 0.115. The van der Waals surface area contributed by atoms with Crippen molar-refractivity contribution in [1.29, 1.82) is 0 Å². The smallest absolute Gasteiger partial charge is 0.172 e. The molecule has 2 aliphatic rings. The van der Waals surface area contributed by atoms with Gasteiger partial charge in [-0.1, -0.05) is 33.3 Å². The van der Waals surface area contributed by atoms with E-state index in [0.717, 1.165) is 38.5 Å². The fourth-order valence-electron chi connectivity index (χ4n) is 3.97. The third-order valence-corrected chi connectivity index (χ3v) is 4.85. The van der Waals surface area contributed by atoms with Gasteiger partial charge in [0.15, 0.2) is 5.79 Å². The first-order valence-electron chi connectivity index (χ1n) is 7.27. The highest BCUT2D eigenvalue weighted by molar-refractivity contribution is 5.14. The first-order chi connectivity index (χ1) is 8.61. The van der Waals surface area contributed by atoms with Gasteiger partial charge in [0.05, 0.1) is 19.0 Å². The Labute approximate surface area is 110 Å². The average Bonchev–Trinajstić information content (AvgIpc) is 2.94. The zero-order valence-electron chi connectivity index (χ0n) is 11.7. The van der Waals surface area contributed by atoms with Gasteiger partial charge in [-0.2, -0.15) is 0 Å². The maximum atomic E-state index is 10.2. The van der Waals surface area contributed by atoms with Crippen LogP contribution in [0.3, 0.4) is 0 Å². The van der Waals surface area contributed by atoms with Crippen molar-refractivity contribution in [2.24, 2.45) is 11.3 Å². The predicted molar refractivity (Wildman–Crippen MR) is 71.4 cm³/mol. The fourth-order valence-corrected chi connectivity index (χ4v) is 3.97. The summed E-state index contributed by atoms with van der Waals surface area (Å²) in [6, 6.07) is 0. The lowest BCUT2D eigenvalue weighted by molar-refractivity contribution is -0.194. The van der Waals surface area contributed by atoms with Gasteiger partial charge in [0.2, 0.25) is 0 Å². The van der Waals surface area contributed by atoms with Crippen molar-refractivity contribution in [2.45, 2.75) is 58.2 Å². The molecule has 1 saturated carbocycles. The summed E-state index contributed by atoms with van der Waals surface area (Å²) in [6.45, 7) is 9.56. The van der Waals surface area contributed by atoms with Gasteiger partial charge in [-0.3, -0.25) is 0 Å². The van der Waals surface area contributed by atoms with Crippen LogP contribution in [0.4, 0.5) is 0 Å². The van der Waals surface area contributed by atoms with E-state index in [1.165, 1.54) is 0 Å². The van der Waals surface area contributed by atoms with Crippen molar-refractivity contribution < 1.29 is 14.6 Å². The van der Waals surface area contributed by atoms with E-state index in [0.29, 0.717) is 19.0 Å². The summed E-state index contributed by atoms with van der Waals surface area (Å²) < 4.78 is 11.8. The van der Waals surface area contributed by atoms with Crippen LogP contribution in [0.15, 0.2) is 12.3 Å². The van der Waals surface area contributed by atoms with Crippen molar-refractivity contribution in [2.75, 3.05) is 13.2 Å². The van der Waals surface area contributed by atoms with E-state index in [4.69, 9.17) is 9.47 Å².